The highest BCUT2D eigenvalue weighted by Crippen LogP contribution is 2.39. The van der Waals surface area contributed by atoms with Crippen molar-refractivity contribution in [2.45, 2.75) is 31.1 Å². The van der Waals surface area contributed by atoms with E-state index in [4.69, 9.17) is 9.84 Å². The van der Waals surface area contributed by atoms with E-state index in [2.05, 4.69) is 10.3 Å². The predicted molar refractivity (Wildman–Crippen MR) is 143 cm³/mol. The molecule has 2 aliphatic heterocycles. The van der Waals surface area contributed by atoms with Crippen LogP contribution in [0.25, 0.3) is 0 Å². The summed E-state index contributed by atoms with van der Waals surface area (Å²) >= 11 is 1.24. The number of anilines is 1. The van der Waals surface area contributed by atoms with Crippen molar-refractivity contribution in [3.05, 3.63) is 95.3 Å². The van der Waals surface area contributed by atoms with Gasteiger partial charge in [-0.25, -0.2) is 9.40 Å². The van der Waals surface area contributed by atoms with Crippen molar-refractivity contribution in [3.63, 3.8) is 0 Å². The number of amidine groups is 1. The van der Waals surface area contributed by atoms with Gasteiger partial charge in [0.15, 0.2) is 5.17 Å². The summed E-state index contributed by atoms with van der Waals surface area (Å²) in [5.74, 6) is -0.351. The highest BCUT2D eigenvalue weighted by Gasteiger charge is 2.39. The van der Waals surface area contributed by atoms with Gasteiger partial charge in [-0.2, -0.15) is 10.1 Å². The molecule has 37 heavy (non-hydrogen) atoms. The van der Waals surface area contributed by atoms with Crippen molar-refractivity contribution < 1.29 is 18.7 Å². The molecule has 0 spiro atoms. The second-order valence-corrected chi connectivity index (χ2v) is 10.0. The van der Waals surface area contributed by atoms with Gasteiger partial charge in [-0.15, -0.1) is 0 Å². The topological polar surface area (TPSA) is 83.4 Å². The Kier molecular flexibility index (Phi) is 7.05. The number of hydrazone groups is 1. The summed E-state index contributed by atoms with van der Waals surface area (Å²) in [4.78, 5) is 29.6. The molecule has 3 aromatic carbocycles. The maximum absolute atomic E-state index is 13.1. The van der Waals surface area contributed by atoms with E-state index < -0.39 is 5.25 Å². The van der Waals surface area contributed by atoms with Crippen LogP contribution in [0.5, 0.6) is 5.75 Å². The van der Waals surface area contributed by atoms with Gasteiger partial charge in [0.2, 0.25) is 5.91 Å². The number of amides is 2. The molecule has 5 rings (SSSR count). The molecule has 0 saturated carbocycles. The minimum Gasteiger partial charge on any atom is -0.497 e. The molecule has 2 heterocycles. The van der Waals surface area contributed by atoms with Crippen molar-refractivity contribution >= 4 is 40.1 Å². The number of halogens is 1. The molecule has 2 amide bonds. The largest absolute Gasteiger partial charge is 0.497 e. The molecule has 0 aliphatic carbocycles. The molecule has 3 aromatic rings. The van der Waals surface area contributed by atoms with Crippen molar-refractivity contribution in [1.82, 2.24) is 5.01 Å². The van der Waals surface area contributed by atoms with Gasteiger partial charge in [-0.1, -0.05) is 53.7 Å². The van der Waals surface area contributed by atoms with Gasteiger partial charge in [-0.3, -0.25) is 9.59 Å². The number of aryl methyl sites for hydroxylation is 1. The molecule has 0 bridgehead atoms. The highest BCUT2D eigenvalue weighted by atomic mass is 32.2. The summed E-state index contributed by atoms with van der Waals surface area (Å²) in [6.07, 6.45) is 0.586. The molecule has 0 saturated heterocycles. The Bertz CT molecular complexity index is 1370. The van der Waals surface area contributed by atoms with Gasteiger partial charge in [0.05, 0.1) is 18.9 Å². The van der Waals surface area contributed by atoms with Crippen LogP contribution in [0.2, 0.25) is 0 Å². The van der Waals surface area contributed by atoms with E-state index >= 15 is 0 Å². The lowest BCUT2D eigenvalue weighted by atomic mass is 9.98. The number of hydrogen-bond donors (Lipinski definition) is 1. The molecule has 0 aromatic heterocycles. The van der Waals surface area contributed by atoms with E-state index in [1.165, 1.54) is 36.0 Å². The van der Waals surface area contributed by atoms with E-state index in [0.717, 1.165) is 28.2 Å². The first kappa shape index (κ1) is 24.7. The Morgan fingerprint density at radius 1 is 1.08 bits per heavy atom. The van der Waals surface area contributed by atoms with Crippen LogP contribution in [0, 0.1) is 12.7 Å². The molecule has 0 radical (unpaired) electrons. The fourth-order valence-electron chi connectivity index (χ4n) is 4.21. The van der Waals surface area contributed by atoms with Crippen LogP contribution in [0.1, 0.15) is 35.6 Å². The summed E-state index contributed by atoms with van der Waals surface area (Å²) in [5, 5.41) is 9.17. The van der Waals surface area contributed by atoms with Crippen LogP contribution < -0.4 is 10.1 Å². The fourth-order valence-corrected chi connectivity index (χ4v) is 5.27. The normalized spacial score (nSPS) is 19.0. The molecule has 0 fully saturated rings. The van der Waals surface area contributed by atoms with E-state index in [9.17, 15) is 14.0 Å². The SMILES string of the molecule is COc1ccc([C@@H]2CC(c3ccc(C)cc3)=NN2C2=NC(=O)[C@H](CC(=O)Nc3ccc(F)cc3)S2)cc1. The molecule has 188 valence electrons. The van der Waals surface area contributed by atoms with Crippen LogP contribution in [0.15, 0.2) is 82.9 Å². The zero-order chi connectivity index (χ0) is 25.9. The maximum Gasteiger partial charge on any atom is 0.262 e. The Morgan fingerprint density at radius 2 is 1.78 bits per heavy atom. The molecule has 7 nitrogen and oxygen atoms in total. The Morgan fingerprint density at radius 3 is 2.46 bits per heavy atom. The highest BCUT2D eigenvalue weighted by molar-refractivity contribution is 8.15. The summed E-state index contributed by atoms with van der Waals surface area (Å²) in [6, 6.07) is 21.3. The second kappa shape index (κ2) is 10.6. The summed E-state index contributed by atoms with van der Waals surface area (Å²) in [6.45, 7) is 2.04. The fraction of sp³-hybridized carbons (Fsp3) is 0.214. The van der Waals surface area contributed by atoms with Gasteiger partial charge >= 0.3 is 0 Å². The number of aliphatic imine (C=N–C) groups is 1. The number of nitrogens with one attached hydrogen (secondary N) is 1. The zero-order valence-electron chi connectivity index (χ0n) is 20.3. The first-order valence-corrected chi connectivity index (χ1v) is 12.7. The van der Waals surface area contributed by atoms with Crippen molar-refractivity contribution in [2.75, 3.05) is 12.4 Å². The van der Waals surface area contributed by atoms with E-state index in [1.54, 1.807) is 12.1 Å². The van der Waals surface area contributed by atoms with E-state index in [1.807, 2.05) is 55.5 Å². The molecular weight excluding hydrogens is 491 g/mol. The molecule has 0 unspecified atom stereocenters. The minimum atomic E-state index is -0.661. The third kappa shape index (κ3) is 5.56. The summed E-state index contributed by atoms with van der Waals surface area (Å²) in [7, 11) is 1.62. The van der Waals surface area contributed by atoms with Crippen LogP contribution in [-0.4, -0.2) is 40.1 Å². The van der Waals surface area contributed by atoms with Gasteiger partial charge in [0.1, 0.15) is 16.8 Å². The van der Waals surface area contributed by atoms with E-state index in [0.29, 0.717) is 17.3 Å². The van der Waals surface area contributed by atoms with Crippen LogP contribution >= 0.6 is 11.8 Å². The van der Waals surface area contributed by atoms with Gasteiger partial charge < -0.3 is 10.1 Å². The molecule has 2 atom stereocenters. The number of benzene rings is 3. The summed E-state index contributed by atoms with van der Waals surface area (Å²) < 4.78 is 18.4. The second-order valence-electron chi connectivity index (χ2n) is 8.85. The Balaban J connectivity index is 1.35. The smallest absolute Gasteiger partial charge is 0.262 e. The summed E-state index contributed by atoms with van der Waals surface area (Å²) in [5.41, 5.74) is 4.55. The number of nitrogens with zero attached hydrogens (tertiary/aromatic N) is 3. The number of methoxy groups -OCH3 is 1. The van der Waals surface area contributed by atoms with Gasteiger partial charge in [-0.05, 0) is 54.4 Å². The maximum atomic E-state index is 13.1. The van der Waals surface area contributed by atoms with Crippen LogP contribution in [-0.2, 0) is 9.59 Å². The third-order valence-corrected chi connectivity index (χ3v) is 7.36. The number of rotatable bonds is 6. The number of carbonyl (C=O) groups is 2. The lowest BCUT2D eigenvalue weighted by molar-refractivity contribution is -0.121. The average molecular weight is 517 g/mol. The standard InChI is InChI=1S/C28H25FN4O3S/c1-17-3-5-18(6-4-17)23-15-24(19-7-13-22(36-2)14-8-19)33(32-23)28-31-27(35)25(37-28)16-26(34)30-21-11-9-20(29)10-12-21/h3-14,24-25H,15-16H2,1-2H3,(H,30,34)/t24-,25-/m0/s1. The number of carbonyl (C=O) groups excluding carboxylic acids is 2. The third-order valence-electron chi connectivity index (χ3n) is 6.22. The van der Waals surface area contributed by atoms with Crippen molar-refractivity contribution in [2.24, 2.45) is 10.1 Å². The Hall–Kier alpha value is -3.98. The molecule has 2 aliphatic rings. The van der Waals surface area contributed by atoms with Crippen molar-refractivity contribution in [1.29, 1.82) is 0 Å². The lowest BCUT2D eigenvalue weighted by Gasteiger charge is -2.23. The van der Waals surface area contributed by atoms with Crippen LogP contribution in [0.3, 0.4) is 0 Å². The van der Waals surface area contributed by atoms with Crippen LogP contribution in [0.4, 0.5) is 10.1 Å². The molecule has 9 heteroatoms. The number of hydrogen-bond acceptors (Lipinski definition) is 6. The van der Waals surface area contributed by atoms with Crippen molar-refractivity contribution in [3.8, 4) is 5.75 Å². The van der Waals surface area contributed by atoms with Gasteiger partial charge in [0, 0.05) is 18.5 Å². The average Bonchev–Trinajstić information content (AvgIpc) is 3.50. The molecule has 1 N–H and O–H groups in total. The lowest BCUT2D eigenvalue weighted by Crippen LogP contribution is -2.25. The minimum absolute atomic E-state index is 0.0521. The number of ether oxygens (including phenoxy) is 1. The quantitative estimate of drug-likeness (QED) is 0.480. The number of thioether (sulfide) groups is 1. The van der Waals surface area contributed by atoms with Gasteiger partial charge in [0.25, 0.3) is 5.91 Å². The Labute approximate surface area is 218 Å². The first-order valence-electron chi connectivity index (χ1n) is 11.8. The first-order chi connectivity index (χ1) is 17.9. The van der Waals surface area contributed by atoms with E-state index in [-0.39, 0.29) is 30.1 Å². The molecular formula is C28H25FN4O3S. The zero-order valence-corrected chi connectivity index (χ0v) is 21.2. The monoisotopic (exact) mass is 516 g/mol. The predicted octanol–water partition coefficient (Wildman–Crippen LogP) is 5.32.